The zero-order valence-electron chi connectivity index (χ0n) is 22.8. The fourth-order valence-electron chi connectivity index (χ4n) is 5.45. The molecule has 0 atom stereocenters. The number of aromatic nitrogens is 3. The fraction of sp³-hybridized carbons (Fsp3) is 0.212. The summed E-state index contributed by atoms with van der Waals surface area (Å²) < 4.78 is 14.2. The molecule has 2 N–H and O–H groups in total. The van der Waals surface area contributed by atoms with Crippen molar-refractivity contribution in [1.82, 2.24) is 14.5 Å². The Bertz CT molecular complexity index is 1740. The van der Waals surface area contributed by atoms with Gasteiger partial charge in [0.15, 0.2) is 0 Å². The molecule has 1 aliphatic carbocycles. The normalized spacial score (nSPS) is 13.6. The lowest BCUT2D eigenvalue weighted by Gasteiger charge is -2.25. The maximum Gasteiger partial charge on any atom is 0.339 e. The second-order valence-corrected chi connectivity index (χ2v) is 10.3. The van der Waals surface area contributed by atoms with Crippen molar-refractivity contribution in [2.24, 2.45) is 0 Å². The number of fused-ring (bicyclic) bond motifs is 1. The van der Waals surface area contributed by atoms with Crippen LogP contribution in [0.3, 0.4) is 0 Å². The topological polar surface area (TPSA) is 124 Å². The number of carbonyl (C=O) groups is 2. The molecule has 0 saturated heterocycles. The van der Waals surface area contributed by atoms with Crippen LogP contribution in [0, 0.1) is 0 Å². The second kappa shape index (κ2) is 11.7. The minimum Gasteiger partial charge on any atom is -0.488 e. The first-order valence-corrected chi connectivity index (χ1v) is 13.9. The Balaban J connectivity index is 1.27. The predicted octanol–water partition coefficient (Wildman–Crippen LogP) is 7.37. The Hall–Kier alpha value is -5.18. The van der Waals surface area contributed by atoms with E-state index in [-0.39, 0.29) is 23.5 Å². The van der Waals surface area contributed by atoms with Crippen LogP contribution in [0.5, 0.6) is 17.2 Å². The first-order valence-electron chi connectivity index (χ1n) is 13.9. The van der Waals surface area contributed by atoms with Crippen LogP contribution in [-0.2, 0) is 6.61 Å². The zero-order chi connectivity index (χ0) is 29.1. The highest BCUT2D eigenvalue weighted by Gasteiger charge is 2.23. The molecule has 0 unspecified atom stereocenters. The molecule has 0 bridgehead atoms. The van der Waals surface area contributed by atoms with E-state index < -0.39 is 11.9 Å². The molecule has 9 heteroatoms. The van der Waals surface area contributed by atoms with Gasteiger partial charge >= 0.3 is 11.9 Å². The van der Waals surface area contributed by atoms with Gasteiger partial charge in [0.2, 0.25) is 0 Å². The number of hydrogen-bond acceptors (Lipinski definition) is 6. The van der Waals surface area contributed by atoms with Crippen LogP contribution < -0.4 is 9.47 Å². The number of nitrogens with zero attached hydrogens (tertiary/aromatic N) is 3. The zero-order valence-corrected chi connectivity index (χ0v) is 22.8. The van der Waals surface area contributed by atoms with Gasteiger partial charge in [-0.1, -0.05) is 19.3 Å². The van der Waals surface area contributed by atoms with Crippen LogP contribution in [0.15, 0.2) is 85.2 Å². The number of pyridine rings is 1. The third-order valence-electron chi connectivity index (χ3n) is 7.55. The number of carboxylic acids is 2. The molecule has 1 aliphatic rings. The van der Waals surface area contributed by atoms with Gasteiger partial charge in [0.1, 0.15) is 35.2 Å². The Morgan fingerprint density at radius 2 is 1.57 bits per heavy atom. The molecule has 1 fully saturated rings. The summed E-state index contributed by atoms with van der Waals surface area (Å²) in [4.78, 5) is 32.2. The van der Waals surface area contributed by atoms with Crippen LogP contribution >= 0.6 is 0 Å². The largest absolute Gasteiger partial charge is 0.488 e. The molecular formula is C33H29N3O6. The first kappa shape index (κ1) is 27.0. The Morgan fingerprint density at radius 1 is 0.833 bits per heavy atom. The molecular weight excluding hydrogens is 534 g/mol. The molecule has 2 heterocycles. The summed E-state index contributed by atoms with van der Waals surface area (Å²) in [6.45, 7) is 0.191. The number of imidazole rings is 1. The number of aromatic carboxylic acids is 2. The van der Waals surface area contributed by atoms with Crippen LogP contribution in [-0.4, -0.2) is 36.7 Å². The lowest BCUT2D eigenvalue weighted by Crippen LogP contribution is -2.14. The molecule has 3 aromatic carbocycles. The predicted molar refractivity (Wildman–Crippen MR) is 156 cm³/mol. The van der Waals surface area contributed by atoms with Crippen molar-refractivity contribution in [1.29, 1.82) is 0 Å². The van der Waals surface area contributed by atoms with Crippen molar-refractivity contribution in [2.75, 3.05) is 0 Å². The first-order chi connectivity index (χ1) is 20.5. The monoisotopic (exact) mass is 563 g/mol. The smallest absolute Gasteiger partial charge is 0.339 e. The van der Waals surface area contributed by atoms with E-state index in [0.717, 1.165) is 48.2 Å². The van der Waals surface area contributed by atoms with Crippen molar-refractivity contribution < 1.29 is 29.3 Å². The summed E-state index contributed by atoms with van der Waals surface area (Å²) in [5.41, 5.74) is 3.60. The standard InChI is InChI=1S/C33H29N3O6/c37-32(38)23-8-13-29-28(18-23)35-31(36(29)24-4-2-1-3-5-24)22-6-9-25(10-7-22)42-26-11-12-27(33(39)40)30(19-26)41-20-21-14-16-34-17-15-21/h6-19,24H,1-5,20H2,(H,37,38)(H,39,40). The summed E-state index contributed by atoms with van der Waals surface area (Å²) in [6, 6.07) is 21.2. The molecule has 212 valence electrons. The van der Waals surface area contributed by atoms with E-state index in [0.29, 0.717) is 23.1 Å². The lowest BCUT2D eigenvalue weighted by molar-refractivity contribution is 0.0683. The van der Waals surface area contributed by atoms with E-state index >= 15 is 0 Å². The van der Waals surface area contributed by atoms with E-state index in [1.807, 2.05) is 30.3 Å². The van der Waals surface area contributed by atoms with Gasteiger partial charge in [0, 0.05) is 30.1 Å². The van der Waals surface area contributed by atoms with E-state index in [2.05, 4.69) is 9.55 Å². The number of hydrogen-bond donors (Lipinski definition) is 2. The quantitative estimate of drug-likeness (QED) is 0.190. The Morgan fingerprint density at radius 3 is 2.29 bits per heavy atom. The van der Waals surface area contributed by atoms with Gasteiger partial charge in [-0.05, 0) is 85.1 Å². The van der Waals surface area contributed by atoms with Crippen LogP contribution in [0.4, 0.5) is 0 Å². The van der Waals surface area contributed by atoms with Crippen LogP contribution in [0.1, 0.15) is 64.4 Å². The van der Waals surface area contributed by atoms with Crippen molar-refractivity contribution in [3.8, 4) is 28.6 Å². The maximum absolute atomic E-state index is 11.8. The molecule has 6 rings (SSSR count). The third-order valence-corrected chi connectivity index (χ3v) is 7.55. The van der Waals surface area contributed by atoms with Gasteiger partial charge < -0.3 is 24.3 Å². The highest BCUT2D eigenvalue weighted by molar-refractivity contribution is 5.93. The van der Waals surface area contributed by atoms with Crippen molar-refractivity contribution in [2.45, 2.75) is 44.8 Å². The highest BCUT2D eigenvalue weighted by Crippen LogP contribution is 2.37. The number of carboxylic acid groups (broad SMARTS) is 2. The van der Waals surface area contributed by atoms with Gasteiger partial charge in [0.25, 0.3) is 0 Å². The van der Waals surface area contributed by atoms with Crippen LogP contribution in [0.25, 0.3) is 22.4 Å². The molecule has 5 aromatic rings. The molecule has 0 amide bonds. The fourth-order valence-corrected chi connectivity index (χ4v) is 5.45. The van der Waals surface area contributed by atoms with Gasteiger partial charge in [0.05, 0.1) is 16.6 Å². The van der Waals surface area contributed by atoms with Gasteiger partial charge in [-0.2, -0.15) is 0 Å². The lowest BCUT2D eigenvalue weighted by atomic mass is 9.95. The van der Waals surface area contributed by atoms with Gasteiger partial charge in [-0.25, -0.2) is 14.6 Å². The Labute approximate surface area is 242 Å². The van der Waals surface area contributed by atoms with E-state index in [1.54, 1.807) is 48.8 Å². The van der Waals surface area contributed by atoms with E-state index in [9.17, 15) is 19.8 Å². The number of ether oxygens (including phenoxy) is 2. The molecule has 1 saturated carbocycles. The molecule has 9 nitrogen and oxygen atoms in total. The van der Waals surface area contributed by atoms with Crippen molar-refractivity contribution >= 4 is 23.0 Å². The number of benzene rings is 3. The van der Waals surface area contributed by atoms with E-state index in [4.69, 9.17) is 14.5 Å². The minimum atomic E-state index is -1.09. The van der Waals surface area contributed by atoms with Crippen molar-refractivity contribution in [3.05, 3.63) is 102 Å². The molecule has 2 aromatic heterocycles. The number of rotatable bonds is 9. The average molecular weight is 564 g/mol. The Kier molecular flexibility index (Phi) is 7.55. The molecule has 0 aliphatic heterocycles. The minimum absolute atomic E-state index is 0.0411. The van der Waals surface area contributed by atoms with Gasteiger partial charge in [-0.3, -0.25) is 4.98 Å². The SMILES string of the molecule is O=C(O)c1ccc2c(c1)nc(-c1ccc(Oc3ccc(C(=O)O)c(OCc4ccncc4)c3)cc1)n2C1CCCCC1. The summed E-state index contributed by atoms with van der Waals surface area (Å²) >= 11 is 0. The molecule has 0 radical (unpaired) electrons. The summed E-state index contributed by atoms with van der Waals surface area (Å²) in [5.74, 6) is -0.0658. The second-order valence-electron chi connectivity index (χ2n) is 10.3. The average Bonchev–Trinajstić information content (AvgIpc) is 3.40. The van der Waals surface area contributed by atoms with Gasteiger partial charge in [-0.15, -0.1) is 0 Å². The van der Waals surface area contributed by atoms with Crippen molar-refractivity contribution in [3.63, 3.8) is 0 Å². The highest BCUT2D eigenvalue weighted by atomic mass is 16.5. The van der Waals surface area contributed by atoms with E-state index in [1.165, 1.54) is 12.5 Å². The summed E-state index contributed by atoms with van der Waals surface area (Å²) in [7, 11) is 0. The van der Waals surface area contributed by atoms with Crippen LogP contribution in [0.2, 0.25) is 0 Å². The maximum atomic E-state index is 11.8. The summed E-state index contributed by atoms with van der Waals surface area (Å²) in [6.07, 6.45) is 8.93. The third kappa shape index (κ3) is 5.67. The molecule has 0 spiro atoms. The summed E-state index contributed by atoms with van der Waals surface area (Å²) in [5, 5.41) is 19.1. The molecule has 42 heavy (non-hydrogen) atoms.